The number of carbonyl (C=O) groups is 1. The van der Waals surface area contributed by atoms with Crippen LogP contribution >= 0.6 is 0 Å². The summed E-state index contributed by atoms with van der Waals surface area (Å²) in [6.45, 7) is 13.6. The third-order valence-corrected chi connectivity index (χ3v) is 5.14. The Hall–Kier alpha value is -0.770. The maximum Gasteiger partial charge on any atom is 0.332 e. The summed E-state index contributed by atoms with van der Waals surface area (Å²) in [4.78, 5) is 11.5. The molecule has 216 valence electrons. The summed E-state index contributed by atoms with van der Waals surface area (Å²) in [5.74, 6) is -0.371. The summed E-state index contributed by atoms with van der Waals surface area (Å²) in [6.07, 6.45) is 13.4. The van der Waals surface area contributed by atoms with Crippen LogP contribution in [0.25, 0.3) is 0 Å². The molecular formula is C28H56O8. The van der Waals surface area contributed by atoms with E-state index in [1.807, 2.05) is 20.8 Å². The zero-order valence-corrected chi connectivity index (χ0v) is 23.8. The zero-order chi connectivity index (χ0) is 26.6. The van der Waals surface area contributed by atoms with Crippen molar-refractivity contribution in [3.63, 3.8) is 0 Å². The first-order valence-corrected chi connectivity index (χ1v) is 14.1. The quantitative estimate of drug-likeness (QED) is 0.101. The number of hydrogen-bond donors (Lipinski definition) is 0. The van der Waals surface area contributed by atoms with E-state index in [1.54, 1.807) is 0 Å². The van der Waals surface area contributed by atoms with E-state index in [0.29, 0.717) is 66.1 Å². The molecule has 0 aromatic rings. The van der Waals surface area contributed by atoms with Gasteiger partial charge in [0.1, 0.15) is 12.2 Å². The SMILES string of the molecule is CCCCCCCCCCCCOCCOCCOCCOCCOCCOCC(=O)OC(C)(C)C. The zero-order valence-electron chi connectivity index (χ0n) is 23.8. The lowest BCUT2D eigenvalue weighted by Crippen LogP contribution is -2.27. The van der Waals surface area contributed by atoms with E-state index in [0.717, 1.165) is 13.0 Å². The smallest absolute Gasteiger partial charge is 0.332 e. The summed E-state index contributed by atoms with van der Waals surface area (Å²) >= 11 is 0. The normalized spacial score (nSPS) is 11.8. The lowest BCUT2D eigenvalue weighted by atomic mass is 10.1. The molecule has 0 aliphatic heterocycles. The van der Waals surface area contributed by atoms with E-state index in [4.69, 9.17) is 33.2 Å². The van der Waals surface area contributed by atoms with Crippen molar-refractivity contribution in [2.24, 2.45) is 0 Å². The van der Waals surface area contributed by atoms with Crippen molar-refractivity contribution in [1.82, 2.24) is 0 Å². The van der Waals surface area contributed by atoms with E-state index in [9.17, 15) is 4.79 Å². The first-order valence-electron chi connectivity index (χ1n) is 14.1. The molecule has 0 rings (SSSR count). The molecule has 0 aromatic carbocycles. The third kappa shape index (κ3) is 31.3. The highest BCUT2D eigenvalue weighted by atomic mass is 16.6. The number of ether oxygens (including phenoxy) is 7. The van der Waals surface area contributed by atoms with Crippen molar-refractivity contribution in [2.45, 2.75) is 97.5 Å². The standard InChI is InChI=1S/C28H56O8/c1-5-6-7-8-9-10-11-12-13-14-15-30-16-17-31-18-19-32-20-21-33-22-23-34-24-25-35-26-27(29)36-28(2,3)4/h5-26H2,1-4H3. The highest BCUT2D eigenvalue weighted by Gasteiger charge is 2.15. The third-order valence-electron chi connectivity index (χ3n) is 5.14. The van der Waals surface area contributed by atoms with Gasteiger partial charge in [-0.2, -0.15) is 0 Å². The Morgan fingerprint density at radius 3 is 1.19 bits per heavy atom. The Morgan fingerprint density at radius 2 is 0.806 bits per heavy atom. The fraction of sp³-hybridized carbons (Fsp3) is 0.964. The lowest BCUT2D eigenvalue weighted by Gasteiger charge is -2.19. The van der Waals surface area contributed by atoms with Crippen LogP contribution in [-0.4, -0.2) is 90.9 Å². The molecule has 0 aliphatic rings. The van der Waals surface area contributed by atoms with Gasteiger partial charge < -0.3 is 33.2 Å². The van der Waals surface area contributed by atoms with Crippen LogP contribution in [0.2, 0.25) is 0 Å². The van der Waals surface area contributed by atoms with Crippen LogP contribution in [-0.2, 0) is 38.0 Å². The Bertz CT molecular complexity index is 453. The van der Waals surface area contributed by atoms with Gasteiger partial charge in [-0.3, -0.25) is 0 Å². The predicted octanol–water partition coefficient (Wildman–Crippen LogP) is 5.35. The topological polar surface area (TPSA) is 81.7 Å². The number of hydrogen-bond acceptors (Lipinski definition) is 8. The molecule has 0 amide bonds. The van der Waals surface area contributed by atoms with Crippen LogP contribution in [0.15, 0.2) is 0 Å². The van der Waals surface area contributed by atoms with Gasteiger partial charge in [-0.05, 0) is 27.2 Å². The van der Waals surface area contributed by atoms with E-state index in [1.165, 1.54) is 57.8 Å². The summed E-state index contributed by atoms with van der Waals surface area (Å²) in [7, 11) is 0. The molecule has 0 heterocycles. The average Bonchev–Trinajstić information content (AvgIpc) is 2.82. The number of rotatable bonds is 28. The van der Waals surface area contributed by atoms with E-state index in [-0.39, 0.29) is 12.6 Å². The Kier molecular flexibility index (Phi) is 26.7. The molecule has 0 bridgehead atoms. The molecule has 0 saturated heterocycles. The molecule has 0 unspecified atom stereocenters. The molecule has 0 radical (unpaired) electrons. The molecule has 0 saturated carbocycles. The fourth-order valence-electron chi connectivity index (χ4n) is 3.32. The second kappa shape index (κ2) is 27.3. The van der Waals surface area contributed by atoms with Gasteiger partial charge in [-0.1, -0.05) is 64.7 Å². The van der Waals surface area contributed by atoms with Gasteiger partial charge in [0.2, 0.25) is 0 Å². The van der Waals surface area contributed by atoms with Crippen LogP contribution in [0.5, 0.6) is 0 Å². The maximum absolute atomic E-state index is 11.5. The summed E-state index contributed by atoms with van der Waals surface area (Å²) < 4.78 is 37.8. The molecular weight excluding hydrogens is 464 g/mol. The second-order valence-electron chi connectivity index (χ2n) is 9.88. The Balaban J connectivity index is 3.09. The number of esters is 1. The molecule has 0 fully saturated rings. The van der Waals surface area contributed by atoms with Crippen molar-refractivity contribution >= 4 is 5.97 Å². The fourth-order valence-corrected chi connectivity index (χ4v) is 3.32. The Morgan fingerprint density at radius 1 is 0.472 bits per heavy atom. The minimum Gasteiger partial charge on any atom is -0.458 e. The number of carbonyl (C=O) groups excluding carboxylic acids is 1. The van der Waals surface area contributed by atoms with E-state index < -0.39 is 5.60 Å². The van der Waals surface area contributed by atoms with Gasteiger partial charge in [0.05, 0.1) is 66.1 Å². The van der Waals surface area contributed by atoms with Crippen molar-refractivity contribution in [3.05, 3.63) is 0 Å². The minimum atomic E-state index is -0.494. The van der Waals surface area contributed by atoms with Gasteiger partial charge in [0, 0.05) is 6.61 Å². The van der Waals surface area contributed by atoms with Gasteiger partial charge in [0.15, 0.2) is 0 Å². The van der Waals surface area contributed by atoms with Gasteiger partial charge in [0.25, 0.3) is 0 Å². The van der Waals surface area contributed by atoms with Gasteiger partial charge in [-0.25, -0.2) is 4.79 Å². The lowest BCUT2D eigenvalue weighted by molar-refractivity contribution is -0.160. The maximum atomic E-state index is 11.5. The number of unbranched alkanes of at least 4 members (excludes halogenated alkanes) is 9. The molecule has 0 spiro atoms. The van der Waals surface area contributed by atoms with Crippen molar-refractivity contribution < 1.29 is 38.0 Å². The average molecular weight is 521 g/mol. The summed E-state index contributed by atoms with van der Waals surface area (Å²) in [5, 5.41) is 0. The molecule has 8 heteroatoms. The van der Waals surface area contributed by atoms with Crippen LogP contribution < -0.4 is 0 Å². The second-order valence-corrected chi connectivity index (χ2v) is 9.88. The van der Waals surface area contributed by atoms with Gasteiger partial charge in [-0.15, -0.1) is 0 Å². The van der Waals surface area contributed by atoms with Crippen molar-refractivity contribution in [2.75, 3.05) is 79.3 Å². The van der Waals surface area contributed by atoms with E-state index in [2.05, 4.69) is 6.92 Å². The summed E-state index contributed by atoms with van der Waals surface area (Å²) in [5.41, 5.74) is -0.494. The molecule has 36 heavy (non-hydrogen) atoms. The van der Waals surface area contributed by atoms with Crippen LogP contribution in [0.4, 0.5) is 0 Å². The Labute approximate surface area is 221 Å². The first-order chi connectivity index (χ1) is 17.5. The monoisotopic (exact) mass is 520 g/mol. The minimum absolute atomic E-state index is 0.0649. The molecule has 0 atom stereocenters. The molecule has 8 nitrogen and oxygen atoms in total. The molecule has 0 aromatic heterocycles. The van der Waals surface area contributed by atoms with Crippen LogP contribution in [0.1, 0.15) is 91.9 Å². The van der Waals surface area contributed by atoms with Crippen molar-refractivity contribution in [3.8, 4) is 0 Å². The van der Waals surface area contributed by atoms with Crippen LogP contribution in [0.3, 0.4) is 0 Å². The molecule has 0 N–H and O–H groups in total. The van der Waals surface area contributed by atoms with Crippen molar-refractivity contribution in [1.29, 1.82) is 0 Å². The molecule has 0 aliphatic carbocycles. The summed E-state index contributed by atoms with van der Waals surface area (Å²) in [6, 6.07) is 0. The largest absolute Gasteiger partial charge is 0.458 e. The van der Waals surface area contributed by atoms with E-state index >= 15 is 0 Å². The van der Waals surface area contributed by atoms with Crippen LogP contribution in [0, 0.1) is 0 Å². The first kappa shape index (κ1) is 35.2. The highest BCUT2D eigenvalue weighted by molar-refractivity contribution is 5.71. The van der Waals surface area contributed by atoms with Gasteiger partial charge >= 0.3 is 5.97 Å². The predicted molar refractivity (Wildman–Crippen MR) is 143 cm³/mol. The highest BCUT2D eigenvalue weighted by Crippen LogP contribution is 2.10.